The fourth-order valence-corrected chi connectivity index (χ4v) is 3.97. The van der Waals surface area contributed by atoms with Crippen LogP contribution in [-0.2, 0) is 16.0 Å². The molecule has 0 bridgehead atoms. The van der Waals surface area contributed by atoms with Crippen LogP contribution in [-0.4, -0.2) is 24.4 Å². The number of aromatic hydroxyl groups is 1. The summed E-state index contributed by atoms with van der Waals surface area (Å²) >= 11 is 0. The van der Waals surface area contributed by atoms with Crippen LogP contribution in [0.5, 0.6) is 11.5 Å². The van der Waals surface area contributed by atoms with E-state index >= 15 is 0 Å². The largest absolute Gasteiger partial charge is 0.515 e. The van der Waals surface area contributed by atoms with Crippen molar-refractivity contribution in [1.82, 2.24) is 5.32 Å². The lowest BCUT2D eigenvalue weighted by atomic mass is 9.73. The number of aryl methyl sites for hydroxylation is 1. The van der Waals surface area contributed by atoms with Crippen LogP contribution in [0.25, 0.3) is 0 Å². The second-order valence-corrected chi connectivity index (χ2v) is 7.98. The van der Waals surface area contributed by atoms with E-state index in [0.717, 1.165) is 49.7 Å². The van der Waals surface area contributed by atoms with Gasteiger partial charge in [-0.3, -0.25) is 4.79 Å². The summed E-state index contributed by atoms with van der Waals surface area (Å²) in [7, 11) is 0. The molecule has 0 aromatic heterocycles. The van der Waals surface area contributed by atoms with E-state index in [2.05, 4.69) is 31.8 Å². The number of rotatable bonds is 10. The molecule has 0 saturated heterocycles. The highest BCUT2D eigenvalue weighted by atomic mass is 16.7. The lowest BCUT2D eigenvalue weighted by molar-refractivity contribution is -0.110. The fourth-order valence-electron chi connectivity index (χ4n) is 3.97. The average molecular weight is 416 g/mol. The Hall–Kier alpha value is -2.76. The van der Waals surface area contributed by atoms with Crippen LogP contribution in [0.2, 0.25) is 0 Å². The van der Waals surface area contributed by atoms with Crippen molar-refractivity contribution in [3.8, 4) is 11.5 Å². The molecule has 1 aromatic rings. The molecule has 2 unspecified atom stereocenters. The van der Waals surface area contributed by atoms with Crippen LogP contribution in [0.4, 0.5) is 4.79 Å². The molecule has 0 aliphatic heterocycles. The second kappa shape index (κ2) is 11.4. The minimum atomic E-state index is -0.931. The van der Waals surface area contributed by atoms with Gasteiger partial charge < -0.3 is 19.9 Å². The number of benzene rings is 1. The molecule has 2 N–H and O–H groups in total. The van der Waals surface area contributed by atoms with Crippen LogP contribution < -0.4 is 10.1 Å². The van der Waals surface area contributed by atoms with Gasteiger partial charge in [0.1, 0.15) is 11.5 Å². The molecule has 1 amide bonds. The Bertz CT molecular complexity index is 799. The van der Waals surface area contributed by atoms with Crippen LogP contribution in [0.3, 0.4) is 0 Å². The zero-order valence-corrected chi connectivity index (χ0v) is 18.2. The zero-order chi connectivity index (χ0) is 22.1. The molecule has 0 fully saturated rings. The molecular weight excluding hydrogens is 382 g/mol. The Balaban J connectivity index is 2.42. The number of phenols is 1. The number of hydrogen-bond donors (Lipinski definition) is 2. The number of hydrogen-bond acceptors (Lipinski definition) is 5. The summed E-state index contributed by atoms with van der Waals surface area (Å²) in [5.74, 6) is 0.400. The summed E-state index contributed by atoms with van der Waals surface area (Å²) in [6.07, 6.45) is 7.47. The molecule has 0 heterocycles. The molecule has 1 aliphatic carbocycles. The van der Waals surface area contributed by atoms with Crippen LogP contribution in [0.1, 0.15) is 69.9 Å². The van der Waals surface area contributed by atoms with Crippen molar-refractivity contribution in [3.05, 3.63) is 47.1 Å². The summed E-state index contributed by atoms with van der Waals surface area (Å²) in [6.45, 7) is 10.0. The van der Waals surface area contributed by atoms with Gasteiger partial charge in [-0.05, 0) is 63.1 Å². The van der Waals surface area contributed by atoms with Crippen molar-refractivity contribution >= 4 is 12.6 Å². The van der Waals surface area contributed by atoms with Crippen molar-refractivity contribution in [3.63, 3.8) is 0 Å². The van der Waals surface area contributed by atoms with Gasteiger partial charge in [-0.15, -0.1) is 0 Å². The topological polar surface area (TPSA) is 84.9 Å². The number of phenolic OH excluding ortho intramolecular Hbond substituents is 1. The van der Waals surface area contributed by atoms with Crippen molar-refractivity contribution < 1.29 is 24.2 Å². The number of carbonyl (C=O) groups is 2. The van der Waals surface area contributed by atoms with Crippen molar-refractivity contribution in [2.75, 3.05) is 6.73 Å². The Labute approximate surface area is 179 Å². The summed E-state index contributed by atoms with van der Waals surface area (Å²) in [6, 6.07) is 3.58. The maximum absolute atomic E-state index is 12.2. The van der Waals surface area contributed by atoms with E-state index in [4.69, 9.17) is 9.47 Å². The van der Waals surface area contributed by atoms with E-state index in [0.29, 0.717) is 17.7 Å². The monoisotopic (exact) mass is 415 g/mol. The lowest BCUT2D eigenvalue weighted by Crippen LogP contribution is -2.22. The molecular formula is C24H33NO5. The van der Waals surface area contributed by atoms with Crippen LogP contribution >= 0.6 is 0 Å². The number of carbonyl (C=O) groups excluding carboxylic acids is 2. The van der Waals surface area contributed by atoms with E-state index in [1.54, 1.807) is 6.07 Å². The molecule has 30 heavy (non-hydrogen) atoms. The number of amides is 1. The maximum Gasteiger partial charge on any atom is 0.515 e. The smallest absolute Gasteiger partial charge is 0.507 e. The predicted molar refractivity (Wildman–Crippen MR) is 117 cm³/mol. The molecule has 1 aliphatic rings. The van der Waals surface area contributed by atoms with E-state index in [-0.39, 0.29) is 24.3 Å². The van der Waals surface area contributed by atoms with Gasteiger partial charge in [0.15, 0.2) is 6.73 Å². The Morgan fingerprint density at radius 2 is 2.13 bits per heavy atom. The highest BCUT2D eigenvalue weighted by Gasteiger charge is 2.31. The summed E-state index contributed by atoms with van der Waals surface area (Å²) in [5.41, 5.74) is 3.73. The average Bonchev–Trinajstić information content (AvgIpc) is 2.68. The molecule has 6 nitrogen and oxygen atoms in total. The first-order valence-electron chi connectivity index (χ1n) is 10.6. The van der Waals surface area contributed by atoms with Gasteiger partial charge >= 0.3 is 6.16 Å². The number of nitrogens with one attached hydrogen (secondary N) is 1. The maximum atomic E-state index is 12.2. The number of allylic oxidation sites excluding steroid dienone is 3. The zero-order valence-electron chi connectivity index (χ0n) is 18.2. The predicted octanol–water partition coefficient (Wildman–Crippen LogP) is 5.36. The third-order valence-corrected chi connectivity index (χ3v) is 5.51. The molecule has 6 heteroatoms. The molecule has 1 aromatic carbocycles. The number of ether oxygens (including phenoxy) is 2. The minimum Gasteiger partial charge on any atom is -0.507 e. The van der Waals surface area contributed by atoms with Gasteiger partial charge in [-0.1, -0.05) is 43.6 Å². The molecule has 2 atom stereocenters. The van der Waals surface area contributed by atoms with Gasteiger partial charge in [-0.2, -0.15) is 0 Å². The highest BCUT2D eigenvalue weighted by Crippen LogP contribution is 2.47. The van der Waals surface area contributed by atoms with Gasteiger partial charge in [-0.25, -0.2) is 4.79 Å². The van der Waals surface area contributed by atoms with Crippen LogP contribution in [0, 0.1) is 5.92 Å². The van der Waals surface area contributed by atoms with E-state index in [9.17, 15) is 14.7 Å². The fraction of sp³-hybridized carbons (Fsp3) is 0.500. The van der Waals surface area contributed by atoms with E-state index in [1.165, 1.54) is 5.57 Å². The third kappa shape index (κ3) is 6.37. The van der Waals surface area contributed by atoms with Crippen molar-refractivity contribution in [2.45, 2.75) is 65.2 Å². The Morgan fingerprint density at radius 3 is 2.80 bits per heavy atom. The van der Waals surface area contributed by atoms with Gasteiger partial charge in [0.05, 0.1) is 0 Å². The van der Waals surface area contributed by atoms with Gasteiger partial charge in [0, 0.05) is 11.5 Å². The first-order chi connectivity index (χ1) is 14.4. The van der Waals surface area contributed by atoms with Crippen molar-refractivity contribution in [2.24, 2.45) is 5.92 Å². The Morgan fingerprint density at radius 1 is 1.37 bits per heavy atom. The molecule has 0 radical (unpaired) electrons. The normalized spacial score (nSPS) is 18.3. The summed E-state index contributed by atoms with van der Waals surface area (Å²) in [5, 5.41) is 13.2. The van der Waals surface area contributed by atoms with Crippen LogP contribution in [0.15, 0.2) is 35.9 Å². The standard InChI is InChI=1S/C24H33NO5/c1-5-6-7-8-18-12-21(27)23(20-11-17(4)9-10-19(20)16(2)3)22(13-18)30-24(28)29-15-25-14-26/h11-14,19-20,27H,2,5-10,15H2,1,3-4H3,(H,25,26). The Kier molecular flexibility index (Phi) is 8.96. The molecule has 0 saturated carbocycles. The lowest BCUT2D eigenvalue weighted by Gasteiger charge is -2.32. The molecule has 164 valence electrons. The van der Waals surface area contributed by atoms with Gasteiger partial charge in [0.2, 0.25) is 6.41 Å². The van der Waals surface area contributed by atoms with E-state index < -0.39 is 6.16 Å². The highest BCUT2D eigenvalue weighted by molar-refractivity contribution is 5.66. The SMILES string of the molecule is C=C(C)C1CCC(C)=CC1c1c(O)cc(CCCCC)cc1OC(=O)OCNC=O. The third-order valence-electron chi connectivity index (χ3n) is 5.51. The quantitative estimate of drug-likeness (QED) is 0.134. The van der Waals surface area contributed by atoms with Gasteiger partial charge in [0.25, 0.3) is 0 Å². The molecule has 0 spiro atoms. The first-order valence-corrected chi connectivity index (χ1v) is 10.6. The second-order valence-electron chi connectivity index (χ2n) is 7.98. The summed E-state index contributed by atoms with van der Waals surface area (Å²) in [4.78, 5) is 22.5. The van der Waals surface area contributed by atoms with E-state index in [1.807, 2.05) is 13.0 Å². The minimum absolute atomic E-state index is 0.111. The van der Waals surface area contributed by atoms with Crippen molar-refractivity contribution in [1.29, 1.82) is 0 Å². The first kappa shape index (κ1) is 23.5. The molecule has 2 rings (SSSR count). The summed E-state index contributed by atoms with van der Waals surface area (Å²) < 4.78 is 10.4. The number of unbranched alkanes of at least 4 members (excludes halogenated alkanes) is 2.